The summed E-state index contributed by atoms with van der Waals surface area (Å²) in [7, 11) is 0. The Morgan fingerprint density at radius 3 is 2.53 bits per heavy atom. The average molecular weight is 233 g/mol. The Morgan fingerprint density at radius 2 is 2.07 bits per heavy atom. The Labute approximate surface area is 86.7 Å². The monoisotopic (exact) mass is 233 g/mol. The molecule has 80 valence electrons. The molecule has 0 aromatic carbocycles. The van der Waals surface area contributed by atoms with Crippen molar-refractivity contribution in [3.8, 4) is 10.6 Å². The summed E-state index contributed by atoms with van der Waals surface area (Å²) in [6.45, 7) is 0. The number of rotatable bonds is 1. The van der Waals surface area contributed by atoms with E-state index in [4.69, 9.17) is 5.73 Å². The number of anilines is 1. The second-order valence-electron chi connectivity index (χ2n) is 2.87. The van der Waals surface area contributed by atoms with Crippen molar-refractivity contribution < 1.29 is 13.2 Å². The van der Waals surface area contributed by atoms with Crippen molar-refractivity contribution in [2.75, 3.05) is 5.73 Å². The first kappa shape index (κ1) is 10.0. The van der Waals surface area contributed by atoms with Crippen LogP contribution < -0.4 is 5.73 Å². The molecule has 0 bridgehead atoms. The summed E-state index contributed by atoms with van der Waals surface area (Å²) >= 11 is 0.654. The molecule has 0 radical (unpaired) electrons. The number of aromatic nitrogens is 2. The van der Waals surface area contributed by atoms with Gasteiger partial charge in [-0.3, -0.25) is 5.10 Å². The van der Waals surface area contributed by atoms with Crippen molar-refractivity contribution >= 4 is 17.2 Å². The Morgan fingerprint density at radius 1 is 1.33 bits per heavy atom. The van der Waals surface area contributed by atoms with E-state index in [9.17, 15) is 13.2 Å². The number of alkyl halides is 3. The van der Waals surface area contributed by atoms with Gasteiger partial charge < -0.3 is 5.73 Å². The van der Waals surface area contributed by atoms with Crippen molar-refractivity contribution in [2.45, 2.75) is 6.18 Å². The maximum atomic E-state index is 12.3. The molecule has 2 heterocycles. The molecule has 3 nitrogen and oxygen atoms in total. The Balaban J connectivity index is 2.36. The van der Waals surface area contributed by atoms with E-state index in [1.54, 1.807) is 0 Å². The topological polar surface area (TPSA) is 54.7 Å². The van der Waals surface area contributed by atoms with Crippen LogP contribution in [-0.2, 0) is 6.18 Å². The molecule has 0 unspecified atom stereocenters. The molecular formula is C8H6F3N3S. The third-order valence-corrected chi connectivity index (χ3v) is 2.91. The minimum atomic E-state index is -4.30. The lowest BCUT2D eigenvalue weighted by Gasteiger charge is -2.00. The first-order valence-electron chi connectivity index (χ1n) is 3.95. The molecular weight excluding hydrogens is 227 g/mol. The molecule has 0 saturated carbocycles. The van der Waals surface area contributed by atoms with Crippen molar-refractivity contribution in [2.24, 2.45) is 0 Å². The van der Waals surface area contributed by atoms with E-state index in [0.717, 1.165) is 6.07 Å². The van der Waals surface area contributed by atoms with E-state index in [1.165, 1.54) is 12.1 Å². The lowest BCUT2D eigenvalue weighted by molar-refractivity contribution is -0.134. The highest BCUT2D eigenvalue weighted by Crippen LogP contribution is 2.37. The van der Waals surface area contributed by atoms with Gasteiger partial charge in [-0.15, -0.1) is 11.3 Å². The van der Waals surface area contributed by atoms with Gasteiger partial charge in [-0.05, 0) is 12.1 Å². The number of nitrogens with one attached hydrogen (secondary N) is 1. The molecule has 2 aromatic heterocycles. The third-order valence-electron chi connectivity index (χ3n) is 1.75. The first-order chi connectivity index (χ1) is 6.97. The SMILES string of the molecule is Nc1cc(-c2ccc(C(F)(F)F)s2)[nH]n1. The van der Waals surface area contributed by atoms with Gasteiger partial charge in [0.1, 0.15) is 10.7 Å². The quantitative estimate of drug-likeness (QED) is 0.795. The van der Waals surface area contributed by atoms with E-state index >= 15 is 0 Å². The zero-order valence-corrected chi connectivity index (χ0v) is 8.12. The molecule has 7 heteroatoms. The van der Waals surface area contributed by atoms with Gasteiger partial charge in [0.25, 0.3) is 0 Å². The molecule has 0 spiro atoms. The Bertz CT molecular complexity index is 471. The second-order valence-corrected chi connectivity index (χ2v) is 3.95. The van der Waals surface area contributed by atoms with E-state index in [1.807, 2.05) is 0 Å². The number of thiophene rings is 1. The molecule has 0 saturated heterocycles. The Hall–Kier alpha value is -1.50. The zero-order valence-electron chi connectivity index (χ0n) is 7.30. The maximum Gasteiger partial charge on any atom is 0.425 e. The molecule has 0 atom stereocenters. The third kappa shape index (κ3) is 1.96. The Kier molecular flexibility index (Phi) is 2.18. The number of H-pyrrole nitrogens is 1. The highest BCUT2D eigenvalue weighted by atomic mass is 32.1. The molecule has 2 aromatic rings. The second kappa shape index (κ2) is 3.27. The predicted octanol–water partition coefficient (Wildman–Crippen LogP) is 2.74. The fraction of sp³-hybridized carbons (Fsp3) is 0.125. The molecule has 0 amide bonds. The summed E-state index contributed by atoms with van der Waals surface area (Å²) in [6, 6.07) is 3.92. The summed E-state index contributed by atoms with van der Waals surface area (Å²) < 4.78 is 36.8. The van der Waals surface area contributed by atoms with Gasteiger partial charge in [0.15, 0.2) is 0 Å². The smallest absolute Gasteiger partial charge is 0.382 e. The normalized spacial score (nSPS) is 11.9. The van der Waals surface area contributed by atoms with Gasteiger partial charge in [-0.1, -0.05) is 0 Å². The van der Waals surface area contributed by atoms with Gasteiger partial charge in [0.2, 0.25) is 0 Å². The van der Waals surface area contributed by atoms with Crippen LogP contribution in [0.4, 0.5) is 19.0 Å². The van der Waals surface area contributed by atoms with E-state index < -0.39 is 11.1 Å². The lowest BCUT2D eigenvalue weighted by atomic mass is 10.3. The van der Waals surface area contributed by atoms with Crippen LogP contribution in [0.1, 0.15) is 4.88 Å². The van der Waals surface area contributed by atoms with Crippen molar-refractivity contribution in [3.05, 3.63) is 23.1 Å². The van der Waals surface area contributed by atoms with Crippen LogP contribution in [0.25, 0.3) is 10.6 Å². The first-order valence-corrected chi connectivity index (χ1v) is 4.77. The van der Waals surface area contributed by atoms with Crippen LogP contribution in [0.2, 0.25) is 0 Å². The minimum absolute atomic E-state index is 0.256. The van der Waals surface area contributed by atoms with Gasteiger partial charge >= 0.3 is 6.18 Å². The molecule has 15 heavy (non-hydrogen) atoms. The van der Waals surface area contributed by atoms with Crippen LogP contribution in [0.3, 0.4) is 0 Å². The van der Waals surface area contributed by atoms with Crippen LogP contribution in [0.15, 0.2) is 18.2 Å². The summed E-state index contributed by atoms with van der Waals surface area (Å²) in [5.74, 6) is 0.256. The predicted molar refractivity (Wildman–Crippen MR) is 51.3 cm³/mol. The standard InChI is InChI=1S/C8H6F3N3S/c9-8(10,11)6-2-1-5(15-6)4-3-7(12)14-13-4/h1-3H,(H3,12,13,14). The van der Waals surface area contributed by atoms with Crippen molar-refractivity contribution in [1.29, 1.82) is 0 Å². The lowest BCUT2D eigenvalue weighted by Crippen LogP contribution is -2.00. The number of halogens is 3. The molecule has 0 aliphatic rings. The number of nitrogens with zero attached hydrogens (tertiary/aromatic N) is 1. The minimum Gasteiger partial charge on any atom is -0.382 e. The van der Waals surface area contributed by atoms with Crippen LogP contribution in [-0.4, -0.2) is 10.2 Å². The fourth-order valence-electron chi connectivity index (χ4n) is 1.10. The zero-order chi connectivity index (χ0) is 11.1. The largest absolute Gasteiger partial charge is 0.425 e. The summed E-state index contributed by atoms with van der Waals surface area (Å²) in [6.07, 6.45) is -4.30. The van der Waals surface area contributed by atoms with E-state index in [-0.39, 0.29) is 5.82 Å². The van der Waals surface area contributed by atoms with E-state index in [0.29, 0.717) is 21.9 Å². The summed E-state index contributed by atoms with van der Waals surface area (Å²) in [5, 5.41) is 6.20. The van der Waals surface area contributed by atoms with Crippen LogP contribution in [0.5, 0.6) is 0 Å². The van der Waals surface area contributed by atoms with E-state index in [2.05, 4.69) is 10.2 Å². The van der Waals surface area contributed by atoms with Crippen molar-refractivity contribution in [3.63, 3.8) is 0 Å². The van der Waals surface area contributed by atoms with Gasteiger partial charge in [-0.2, -0.15) is 18.3 Å². The number of hydrogen-bond donors (Lipinski definition) is 2. The van der Waals surface area contributed by atoms with Gasteiger partial charge in [0, 0.05) is 6.07 Å². The van der Waals surface area contributed by atoms with Crippen molar-refractivity contribution in [1.82, 2.24) is 10.2 Å². The summed E-state index contributed by atoms with van der Waals surface area (Å²) in [5.41, 5.74) is 5.84. The average Bonchev–Trinajstić information content (AvgIpc) is 2.69. The molecule has 0 aliphatic heterocycles. The number of aromatic amines is 1. The van der Waals surface area contributed by atoms with Gasteiger partial charge in [-0.25, -0.2) is 0 Å². The fourth-order valence-corrected chi connectivity index (χ4v) is 1.94. The molecule has 0 aliphatic carbocycles. The number of hydrogen-bond acceptors (Lipinski definition) is 3. The van der Waals surface area contributed by atoms with Crippen LogP contribution >= 0.6 is 11.3 Å². The van der Waals surface area contributed by atoms with Crippen LogP contribution in [0, 0.1) is 0 Å². The highest BCUT2D eigenvalue weighted by Gasteiger charge is 2.32. The summed E-state index contributed by atoms with van der Waals surface area (Å²) in [4.78, 5) is -0.169. The maximum absolute atomic E-state index is 12.3. The number of nitrogen functional groups attached to an aromatic ring is 1. The number of nitrogens with two attached hydrogens (primary N) is 1. The molecule has 2 rings (SSSR count). The molecule has 0 fully saturated rings. The van der Waals surface area contributed by atoms with Gasteiger partial charge in [0.05, 0.1) is 10.6 Å². The molecule has 3 N–H and O–H groups in total. The highest BCUT2D eigenvalue weighted by molar-refractivity contribution is 7.15.